The van der Waals surface area contributed by atoms with Crippen LogP contribution in [0.3, 0.4) is 0 Å². The summed E-state index contributed by atoms with van der Waals surface area (Å²) in [7, 11) is 0. The van der Waals surface area contributed by atoms with Gasteiger partial charge < -0.3 is 0 Å². The normalized spacial score (nSPS) is 11.5. The minimum atomic E-state index is -0.290. The van der Waals surface area contributed by atoms with Crippen molar-refractivity contribution in [3.05, 3.63) is 92.9 Å². The van der Waals surface area contributed by atoms with Gasteiger partial charge in [-0.25, -0.2) is 5.43 Å². The fourth-order valence-corrected chi connectivity index (χ4v) is 4.64. The molecule has 0 fully saturated rings. The molecule has 0 bridgehead atoms. The SMILES string of the molecule is C/C(=N\NC(=O)CSc1nnc(-c2ccc(C)cc2)n1-c1ccc(Cl)cc1)c1ccc(Cl)cc1Cl. The summed E-state index contributed by atoms with van der Waals surface area (Å²) in [4.78, 5) is 12.5. The van der Waals surface area contributed by atoms with Gasteiger partial charge >= 0.3 is 0 Å². The van der Waals surface area contributed by atoms with E-state index in [0.717, 1.165) is 16.8 Å². The zero-order chi connectivity index (χ0) is 24.9. The van der Waals surface area contributed by atoms with Crippen molar-refractivity contribution in [1.29, 1.82) is 0 Å². The summed E-state index contributed by atoms with van der Waals surface area (Å²) in [6.45, 7) is 3.78. The van der Waals surface area contributed by atoms with E-state index in [1.165, 1.54) is 11.8 Å². The molecule has 0 aliphatic heterocycles. The second-order valence-corrected chi connectivity index (χ2v) is 9.85. The summed E-state index contributed by atoms with van der Waals surface area (Å²) < 4.78 is 1.90. The van der Waals surface area contributed by atoms with Crippen molar-refractivity contribution in [2.75, 3.05) is 5.75 Å². The van der Waals surface area contributed by atoms with Gasteiger partial charge in [-0.05, 0) is 50.2 Å². The molecular weight excluding hydrogens is 525 g/mol. The first-order chi connectivity index (χ1) is 16.8. The molecule has 1 heterocycles. The number of hydrogen-bond acceptors (Lipinski definition) is 5. The number of nitrogens with one attached hydrogen (secondary N) is 1. The van der Waals surface area contributed by atoms with Gasteiger partial charge in [0.05, 0.1) is 16.5 Å². The Balaban J connectivity index is 1.53. The lowest BCUT2D eigenvalue weighted by Gasteiger charge is -2.11. The zero-order valence-corrected chi connectivity index (χ0v) is 21.9. The molecule has 178 valence electrons. The summed E-state index contributed by atoms with van der Waals surface area (Å²) in [5.41, 5.74) is 6.72. The van der Waals surface area contributed by atoms with Crippen molar-refractivity contribution >= 4 is 58.2 Å². The maximum Gasteiger partial charge on any atom is 0.250 e. The van der Waals surface area contributed by atoms with Gasteiger partial charge in [-0.3, -0.25) is 9.36 Å². The highest BCUT2D eigenvalue weighted by molar-refractivity contribution is 7.99. The standard InChI is InChI=1S/C25H20Cl3N5OS/c1-15-3-5-17(6-4-15)24-31-32-25(33(24)20-10-7-18(26)8-11-20)35-14-23(34)30-29-16(2)21-12-9-19(27)13-22(21)28/h3-13H,14H2,1-2H3,(H,30,34)/b29-16+. The van der Waals surface area contributed by atoms with Gasteiger partial charge in [-0.2, -0.15) is 5.10 Å². The molecule has 4 rings (SSSR count). The predicted octanol–water partition coefficient (Wildman–Crippen LogP) is 6.84. The minimum absolute atomic E-state index is 0.0880. The minimum Gasteiger partial charge on any atom is -0.272 e. The van der Waals surface area contributed by atoms with Gasteiger partial charge in [-0.1, -0.05) is 82.5 Å². The fourth-order valence-electron chi connectivity index (χ4n) is 3.23. The van der Waals surface area contributed by atoms with Crippen LogP contribution in [0.5, 0.6) is 0 Å². The number of nitrogens with zero attached hydrogens (tertiary/aromatic N) is 4. The van der Waals surface area contributed by atoms with Crippen molar-refractivity contribution in [2.24, 2.45) is 5.10 Å². The van der Waals surface area contributed by atoms with Crippen LogP contribution in [0, 0.1) is 6.92 Å². The van der Waals surface area contributed by atoms with E-state index < -0.39 is 0 Å². The summed E-state index contributed by atoms with van der Waals surface area (Å²) >= 11 is 19.5. The molecular formula is C25H20Cl3N5OS. The second kappa shape index (κ2) is 11.3. The number of aromatic nitrogens is 3. The first-order valence-corrected chi connectivity index (χ1v) is 12.6. The van der Waals surface area contributed by atoms with Gasteiger partial charge in [0.25, 0.3) is 5.91 Å². The van der Waals surface area contributed by atoms with E-state index in [2.05, 4.69) is 20.7 Å². The first-order valence-electron chi connectivity index (χ1n) is 10.5. The number of aryl methyl sites for hydroxylation is 1. The lowest BCUT2D eigenvalue weighted by Crippen LogP contribution is -2.21. The van der Waals surface area contributed by atoms with Crippen LogP contribution in [0.15, 0.2) is 77.0 Å². The number of carbonyl (C=O) groups excluding carboxylic acids is 1. The number of thioether (sulfide) groups is 1. The molecule has 1 aromatic heterocycles. The number of hydrogen-bond donors (Lipinski definition) is 1. The highest BCUT2D eigenvalue weighted by Crippen LogP contribution is 2.29. The molecule has 0 aliphatic rings. The van der Waals surface area contributed by atoms with Crippen LogP contribution in [-0.4, -0.2) is 32.1 Å². The number of hydrazone groups is 1. The van der Waals surface area contributed by atoms with E-state index >= 15 is 0 Å². The maximum absolute atomic E-state index is 12.5. The summed E-state index contributed by atoms with van der Waals surface area (Å²) in [5, 5.41) is 15.1. The van der Waals surface area contributed by atoms with E-state index in [1.54, 1.807) is 37.3 Å². The van der Waals surface area contributed by atoms with Crippen LogP contribution in [0.2, 0.25) is 15.1 Å². The van der Waals surface area contributed by atoms with Gasteiger partial charge in [0, 0.05) is 26.9 Å². The van der Waals surface area contributed by atoms with Crippen LogP contribution >= 0.6 is 46.6 Å². The Morgan fingerprint density at radius 1 is 0.971 bits per heavy atom. The highest BCUT2D eigenvalue weighted by atomic mass is 35.5. The third kappa shape index (κ3) is 6.24. The van der Waals surface area contributed by atoms with E-state index in [0.29, 0.717) is 37.3 Å². The first kappa shape index (κ1) is 25.3. The molecule has 6 nitrogen and oxygen atoms in total. The molecule has 1 N–H and O–H groups in total. The van der Waals surface area contributed by atoms with Crippen LogP contribution in [0.4, 0.5) is 0 Å². The molecule has 0 unspecified atom stereocenters. The largest absolute Gasteiger partial charge is 0.272 e. The number of benzene rings is 3. The average molecular weight is 545 g/mol. The smallest absolute Gasteiger partial charge is 0.250 e. The Labute approximate surface area is 222 Å². The quantitative estimate of drug-likeness (QED) is 0.157. The Hall–Kier alpha value is -2.84. The van der Waals surface area contributed by atoms with Crippen LogP contribution in [0.1, 0.15) is 18.1 Å². The van der Waals surface area contributed by atoms with Gasteiger partial charge in [0.2, 0.25) is 0 Å². The van der Waals surface area contributed by atoms with Crippen molar-refractivity contribution in [2.45, 2.75) is 19.0 Å². The average Bonchev–Trinajstić information content (AvgIpc) is 3.26. The molecule has 0 saturated heterocycles. The Morgan fingerprint density at radius 3 is 2.34 bits per heavy atom. The van der Waals surface area contributed by atoms with E-state index in [4.69, 9.17) is 34.8 Å². The van der Waals surface area contributed by atoms with Gasteiger partial charge in [0.1, 0.15) is 0 Å². The molecule has 0 atom stereocenters. The van der Waals surface area contributed by atoms with Crippen molar-refractivity contribution in [1.82, 2.24) is 20.2 Å². The maximum atomic E-state index is 12.5. The van der Waals surface area contributed by atoms with Crippen molar-refractivity contribution in [3.8, 4) is 17.1 Å². The molecule has 35 heavy (non-hydrogen) atoms. The molecule has 0 radical (unpaired) electrons. The predicted molar refractivity (Wildman–Crippen MR) is 144 cm³/mol. The summed E-state index contributed by atoms with van der Waals surface area (Å²) in [5.74, 6) is 0.466. The number of carbonyl (C=O) groups is 1. The zero-order valence-electron chi connectivity index (χ0n) is 18.8. The Morgan fingerprint density at radius 2 is 1.66 bits per heavy atom. The molecule has 4 aromatic rings. The lowest BCUT2D eigenvalue weighted by molar-refractivity contribution is -0.118. The summed E-state index contributed by atoms with van der Waals surface area (Å²) in [6.07, 6.45) is 0. The third-order valence-corrected chi connectivity index (χ3v) is 6.76. The fraction of sp³-hybridized carbons (Fsp3) is 0.120. The van der Waals surface area contributed by atoms with Crippen LogP contribution in [0.25, 0.3) is 17.1 Å². The second-order valence-electron chi connectivity index (χ2n) is 7.63. The Bertz CT molecular complexity index is 1390. The Kier molecular flexibility index (Phi) is 8.13. The van der Waals surface area contributed by atoms with Gasteiger partial charge in [-0.15, -0.1) is 10.2 Å². The number of halogens is 3. The molecule has 1 amide bonds. The van der Waals surface area contributed by atoms with Crippen LogP contribution < -0.4 is 5.43 Å². The number of rotatable bonds is 7. The van der Waals surface area contributed by atoms with E-state index in [-0.39, 0.29) is 11.7 Å². The topological polar surface area (TPSA) is 72.2 Å². The van der Waals surface area contributed by atoms with E-state index in [1.807, 2.05) is 47.9 Å². The third-order valence-electron chi connectivity index (χ3n) is 5.03. The lowest BCUT2D eigenvalue weighted by atomic mass is 10.1. The molecule has 10 heteroatoms. The summed E-state index contributed by atoms with van der Waals surface area (Å²) in [6, 6.07) is 20.5. The van der Waals surface area contributed by atoms with Crippen LogP contribution in [-0.2, 0) is 4.79 Å². The molecule has 0 spiro atoms. The van der Waals surface area contributed by atoms with Crippen molar-refractivity contribution < 1.29 is 4.79 Å². The molecule has 3 aromatic carbocycles. The van der Waals surface area contributed by atoms with Gasteiger partial charge in [0.15, 0.2) is 11.0 Å². The highest BCUT2D eigenvalue weighted by Gasteiger charge is 2.17. The monoisotopic (exact) mass is 543 g/mol. The van der Waals surface area contributed by atoms with Crippen molar-refractivity contribution in [3.63, 3.8) is 0 Å². The molecule has 0 saturated carbocycles. The van der Waals surface area contributed by atoms with E-state index in [9.17, 15) is 4.79 Å². The molecule has 0 aliphatic carbocycles. The number of amides is 1.